The summed E-state index contributed by atoms with van der Waals surface area (Å²) >= 11 is 6.78. The van der Waals surface area contributed by atoms with Crippen LogP contribution in [-0.2, 0) is 0 Å². The highest BCUT2D eigenvalue weighted by Gasteiger charge is 2.11. The first-order chi connectivity index (χ1) is 13.3. The topological polar surface area (TPSA) is 63.2 Å². The van der Waals surface area contributed by atoms with Gasteiger partial charge in [0.25, 0.3) is 5.91 Å². The normalized spacial score (nSPS) is 10.9. The number of anilines is 1. The Morgan fingerprint density at radius 2 is 1.93 bits per heavy atom. The quantitative estimate of drug-likeness (QED) is 0.572. The summed E-state index contributed by atoms with van der Waals surface area (Å²) < 4.78 is 6.72. The fourth-order valence-electron chi connectivity index (χ4n) is 2.69. The number of hydrogen-bond acceptors (Lipinski definition) is 5. The summed E-state index contributed by atoms with van der Waals surface area (Å²) in [6.07, 6.45) is 0. The lowest BCUT2D eigenvalue weighted by Crippen LogP contribution is -2.34. The highest BCUT2D eigenvalue weighted by atomic mass is 32.1. The van der Waals surface area contributed by atoms with Gasteiger partial charge in [-0.05, 0) is 73.4 Å². The second-order valence-electron chi connectivity index (χ2n) is 7.09. The van der Waals surface area contributed by atoms with Crippen LogP contribution in [0, 0.1) is 19.8 Å². The molecular formula is C21H23N3O2S2. The average molecular weight is 414 g/mol. The Morgan fingerprint density at radius 3 is 2.61 bits per heavy atom. The molecule has 2 aromatic carbocycles. The monoisotopic (exact) mass is 413 g/mol. The number of benzene rings is 2. The van der Waals surface area contributed by atoms with Crippen LogP contribution >= 0.6 is 23.6 Å². The van der Waals surface area contributed by atoms with E-state index >= 15 is 0 Å². The van der Waals surface area contributed by atoms with Gasteiger partial charge >= 0.3 is 0 Å². The molecule has 0 aliphatic rings. The first-order valence-corrected chi connectivity index (χ1v) is 10.3. The second-order valence-corrected chi connectivity index (χ2v) is 8.52. The second kappa shape index (κ2) is 8.67. The van der Waals surface area contributed by atoms with Crippen molar-refractivity contribution in [3.8, 4) is 5.75 Å². The molecule has 0 aliphatic heterocycles. The number of aryl methyl sites for hydroxylation is 2. The predicted octanol–water partition coefficient (Wildman–Crippen LogP) is 5.07. The maximum Gasteiger partial charge on any atom is 0.257 e. The zero-order valence-corrected chi connectivity index (χ0v) is 18.0. The molecule has 28 heavy (non-hydrogen) atoms. The van der Waals surface area contributed by atoms with Crippen LogP contribution < -0.4 is 15.4 Å². The van der Waals surface area contributed by atoms with Gasteiger partial charge in [0, 0.05) is 5.56 Å². The van der Waals surface area contributed by atoms with Crippen molar-refractivity contribution in [3.05, 3.63) is 53.1 Å². The van der Waals surface area contributed by atoms with Gasteiger partial charge in [0.15, 0.2) is 10.2 Å². The third-order valence-electron chi connectivity index (χ3n) is 3.98. The third-order valence-corrected chi connectivity index (χ3v) is 5.10. The van der Waals surface area contributed by atoms with Crippen LogP contribution in [0.3, 0.4) is 0 Å². The van der Waals surface area contributed by atoms with Crippen molar-refractivity contribution < 1.29 is 9.53 Å². The molecule has 1 aromatic heterocycles. The van der Waals surface area contributed by atoms with Gasteiger partial charge in [-0.3, -0.25) is 10.1 Å². The molecule has 0 aliphatic carbocycles. The van der Waals surface area contributed by atoms with Crippen molar-refractivity contribution in [2.45, 2.75) is 27.7 Å². The molecule has 0 saturated heterocycles. The molecule has 146 valence electrons. The van der Waals surface area contributed by atoms with Crippen molar-refractivity contribution in [3.63, 3.8) is 0 Å². The zero-order chi connectivity index (χ0) is 20.3. The fraction of sp³-hybridized carbons (Fsp3) is 0.286. The van der Waals surface area contributed by atoms with Crippen molar-refractivity contribution in [2.24, 2.45) is 5.92 Å². The maximum absolute atomic E-state index is 12.4. The number of thiazole rings is 1. The maximum atomic E-state index is 12.4. The van der Waals surface area contributed by atoms with Crippen LogP contribution in [0.2, 0.25) is 0 Å². The summed E-state index contributed by atoms with van der Waals surface area (Å²) in [4.78, 5) is 17.0. The summed E-state index contributed by atoms with van der Waals surface area (Å²) in [5.41, 5.74) is 3.77. The molecule has 0 atom stereocenters. The van der Waals surface area contributed by atoms with E-state index in [0.717, 1.165) is 21.5 Å². The van der Waals surface area contributed by atoms with Crippen LogP contribution in [0.5, 0.6) is 5.75 Å². The molecule has 0 spiro atoms. The first-order valence-electron chi connectivity index (χ1n) is 9.05. The van der Waals surface area contributed by atoms with Crippen molar-refractivity contribution in [1.82, 2.24) is 10.3 Å². The number of carbonyl (C=O) groups excluding carboxylic acids is 1. The Morgan fingerprint density at radius 1 is 1.21 bits per heavy atom. The minimum Gasteiger partial charge on any atom is -0.493 e. The fourth-order valence-corrected chi connectivity index (χ4v) is 3.99. The smallest absolute Gasteiger partial charge is 0.257 e. The number of nitrogens with one attached hydrogen (secondary N) is 2. The van der Waals surface area contributed by atoms with Gasteiger partial charge < -0.3 is 10.1 Å². The standard InChI is InChI=1S/C21H23N3O2S2/c1-12(2)11-26-16-7-5-15(6-8-16)19(25)23-20(27)24-21-22-18-14(4)9-13(3)10-17(18)28-21/h5-10,12H,11H2,1-4H3,(H2,22,23,24,25,27). The molecule has 0 bridgehead atoms. The van der Waals surface area contributed by atoms with E-state index in [1.807, 2.05) is 6.92 Å². The van der Waals surface area contributed by atoms with E-state index in [0.29, 0.717) is 23.2 Å². The Labute approximate surface area is 174 Å². The van der Waals surface area contributed by atoms with E-state index in [2.05, 4.69) is 48.5 Å². The molecule has 0 saturated carbocycles. The molecule has 7 heteroatoms. The molecule has 5 nitrogen and oxygen atoms in total. The van der Waals surface area contributed by atoms with Gasteiger partial charge in [-0.15, -0.1) is 0 Å². The van der Waals surface area contributed by atoms with E-state index in [9.17, 15) is 4.79 Å². The molecule has 0 radical (unpaired) electrons. The van der Waals surface area contributed by atoms with Gasteiger partial charge in [0.05, 0.1) is 16.8 Å². The van der Waals surface area contributed by atoms with Gasteiger partial charge in [-0.25, -0.2) is 4.98 Å². The van der Waals surface area contributed by atoms with Gasteiger partial charge in [-0.1, -0.05) is 31.3 Å². The molecule has 3 rings (SSSR count). The van der Waals surface area contributed by atoms with Crippen molar-refractivity contribution in [2.75, 3.05) is 11.9 Å². The van der Waals surface area contributed by atoms with E-state index in [1.165, 1.54) is 16.9 Å². The lowest BCUT2D eigenvalue weighted by Gasteiger charge is -2.10. The summed E-state index contributed by atoms with van der Waals surface area (Å²) in [5.74, 6) is 0.911. The van der Waals surface area contributed by atoms with Gasteiger partial charge in [0.2, 0.25) is 0 Å². The summed E-state index contributed by atoms with van der Waals surface area (Å²) in [7, 11) is 0. The van der Waals surface area contributed by atoms with E-state index in [4.69, 9.17) is 17.0 Å². The number of nitrogens with zero attached hydrogens (tertiary/aromatic N) is 1. The third kappa shape index (κ3) is 5.05. The van der Waals surface area contributed by atoms with Crippen LogP contribution in [-0.4, -0.2) is 22.6 Å². The minimum atomic E-state index is -0.277. The Bertz CT molecular complexity index is 1010. The number of amides is 1. The number of hydrogen-bond donors (Lipinski definition) is 2. The highest BCUT2D eigenvalue weighted by molar-refractivity contribution is 7.80. The van der Waals surface area contributed by atoms with Crippen molar-refractivity contribution in [1.29, 1.82) is 0 Å². The first kappa shape index (κ1) is 20.2. The molecule has 1 heterocycles. The minimum absolute atomic E-state index is 0.221. The van der Waals surface area contributed by atoms with Crippen LogP contribution in [0.25, 0.3) is 10.2 Å². The van der Waals surface area contributed by atoms with Gasteiger partial charge in [0.1, 0.15) is 5.75 Å². The Kier molecular flexibility index (Phi) is 6.26. The number of rotatable bonds is 5. The predicted molar refractivity (Wildman–Crippen MR) is 120 cm³/mol. The number of ether oxygens (including phenoxy) is 1. The van der Waals surface area contributed by atoms with Crippen LogP contribution in [0.15, 0.2) is 36.4 Å². The lowest BCUT2D eigenvalue weighted by molar-refractivity contribution is 0.0977. The largest absolute Gasteiger partial charge is 0.493 e. The number of fused-ring (bicyclic) bond motifs is 1. The van der Waals surface area contributed by atoms with E-state index in [1.54, 1.807) is 24.3 Å². The summed E-state index contributed by atoms with van der Waals surface area (Å²) in [6.45, 7) is 8.91. The number of thiocarbonyl (C=S) groups is 1. The van der Waals surface area contributed by atoms with Crippen molar-refractivity contribution >= 4 is 49.9 Å². The highest BCUT2D eigenvalue weighted by Crippen LogP contribution is 2.29. The molecular weight excluding hydrogens is 390 g/mol. The molecule has 2 N–H and O–H groups in total. The molecule has 0 fully saturated rings. The van der Waals surface area contributed by atoms with Gasteiger partial charge in [-0.2, -0.15) is 0 Å². The summed E-state index contributed by atoms with van der Waals surface area (Å²) in [6, 6.07) is 11.2. The molecule has 3 aromatic rings. The number of aromatic nitrogens is 1. The van der Waals surface area contributed by atoms with E-state index in [-0.39, 0.29) is 11.0 Å². The number of carbonyl (C=O) groups is 1. The molecule has 0 unspecified atom stereocenters. The van der Waals surface area contributed by atoms with Crippen LogP contribution in [0.1, 0.15) is 35.3 Å². The lowest BCUT2D eigenvalue weighted by atomic mass is 10.1. The molecule has 1 amide bonds. The zero-order valence-electron chi connectivity index (χ0n) is 16.3. The average Bonchev–Trinajstić information content (AvgIpc) is 3.02. The van der Waals surface area contributed by atoms with E-state index < -0.39 is 0 Å². The Balaban J connectivity index is 1.61. The Hall–Kier alpha value is -2.51. The summed E-state index contributed by atoms with van der Waals surface area (Å²) in [5, 5.41) is 6.58. The van der Waals surface area contributed by atoms with Crippen LogP contribution in [0.4, 0.5) is 5.13 Å². The SMILES string of the molecule is Cc1cc(C)c2nc(NC(=S)NC(=O)c3ccc(OCC(C)C)cc3)sc2c1.